The van der Waals surface area contributed by atoms with Gasteiger partial charge in [-0.1, -0.05) is 13.8 Å². The van der Waals surface area contributed by atoms with Gasteiger partial charge in [-0.15, -0.1) is 0 Å². The van der Waals surface area contributed by atoms with E-state index in [1.165, 1.54) is 0 Å². The molecule has 1 heterocycles. The summed E-state index contributed by atoms with van der Waals surface area (Å²) in [5, 5.41) is 2.81. The normalized spacial score (nSPS) is 22.4. The van der Waals surface area contributed by atoms with Gasteiger partial charge in [0.05, 0.1) is 0 Å². The Bertz CT molecular complexity index is 555. The minimum Gasteiger partial charge on any atom is -0.372 e. The molecule has 6 heteroatoms. The van der Waals surface area contributed by atoms with Crippen molar-refractivity contribution < 1.29 is 8.42 Å². The Hall–Kier alpha value is -1.14. The smallest absolute Gasteiger partial charge is 0.244 e. The van der Waals surface area contributed by atoms with E-state index in [1.807, 2.05) is 0 Å². The van der Waals surface area contributed by atoms with Gasteiger partial charge in [-0.3, -0.25) is 0 Å². The molecule has 1 saturated carbocycles. The number of hydrogen-bond donors (Lipinski definition) is 2. The average Bonchev–Trinajstić information content (AvgIpc) is 2.67. The zero-order valence-corrected chi connectivity index (χ0v) is 12.4. The van der Waals surface area contributed by atoms with Gasteiger partial charge in [0.1, 0.15) is 10.7 Å². The zero-order valence-electron chi connectivity index (χ0n) is 11.6. The number of rotatable bonds is 4. The molecule has 19 heavy (non-hydrogen) atoms. The summed E-state index contributed by atoms with van der Waals surface area (Å²) in [6.45, 7) is 4.34. The SMILES string of the molecule is CNc1ncccc1S(=O)(=O)NC1CCC(C)(C)C1. The predicted molar refractivity (Wildman–Crippen MR) is 75.5 cm³/mol. The van der Waals surface area contributed by atoms with Gasteiger partial charge in [0, 0.05) is 19.3 Å². The number of sulfonamides is 1. The Morgan fingerprint density at radius 2 is 2.16 bits per heavy atom. The maximum atomic E-state index is 12.4. The first-order chi connectivity index (χ1) is 8.84. The molecule has 1 fully saturated rings. The van der Waals surface area contributed by atoms with Crippen molar-refractivity contribution in [2.45, 2.75) is 44.0 Å². The molecule has 0 amide bonds. The highest BCUT2D eigenvalue weighted by Gasteiger charge is 2.34. The molecule has 1 atom stereocenters. The van der Waals surface area contributed by atoms with Gasteiger partial charge in [0.2, 0.25) is 10.0 Å². The van der Waals surface area contributed by atoms with Crippen LogP contribution in [0, 0.1) is 5.41 Å². The highest BCUT2D eigenvalue weighted by Crippen LogP contribution is 2.37. The van der Waals surface area contributed by atoms with Crippen molar-refractivity contribution >= 4 is 15.8 Å². The van der Waals surface area contributed by atoms with Gasteiger partial charge in [0.15, 0.2) is 0 Å². The van der Waals surface area contributed by atoms with E-state index in [1.54, 1.807) is 25.4 Å². The maximum absolute atomic E-state index is 12.4. The Morgan fingerprint density at radius 1 is 1.42 bits per heavy atom. The topological polar surface area (TPSA) is 71.1 Å². The third-order valence-electron chi connectivity index (χ3n) is 3.59. The van der Waals surface area contributed by atoms with Crippen molar-refractivity contribution in [3.63, 3.8) is 0 Å². The Balaban J connectivity index is 2.19. The minimum atomic E-state index is -3.51. The molecule has 1 aromatic heterocycles. The van der Waals surface area contributed by atoms with Crippen molar-refractivity contribution in [3.8, 4) is 0 Å². The third kappa shape index (κ3) is 3.25. The van der Waals surface area contributed by atoms with Gasteiger partial charge in [0.25, 0.3) is 0 Å². The summed E-state index contributed by atoms with van der Waals surface area (Å²) in [5.74, 6) is 0.382. The number of pyridine rings is 1. The monoisotopic (exact) mass is 283 g/mol. The molecule has 0 aromatic carbocycles. The van der Waals surface area contributed by atoms with E-state index >= 15 is 0 Å². The molecule has 0 radical (unpaired) electrons. The summed E-state index contributed by atoms with van der Waals surface area (Å²) in [6.07, 6.45) is 4.39. The van der Waals surface area contributed by atoms with Crippen molar-refractivity contribution in [2.75, 3.05) is 12.4 Å². The van der Waals surface area contributed by atoms with Crippen molar-refractivity contribution in [1.82, 2.24) is 9.71 Å². The lowest BCUT2D eigenvalue weighted by Gasteiger charge is -2.18. The van der Waals surface area contributed by atoms with Gasteiger partial charge in [-0.05, 0) is 36.8 Å². The maximum Gasteiger partial charge on any atom is 0.244 e. The second-order valence-electron chi connectivity index (χ2n) is 5.83. The van der Waals surface area contributed by atoms with E-state index in [0.29, 0.717) is 5.82 Å². The van der Waals surface area contributed by atoms with E-state index < -0.39 is 10.0 Å². The average molecular weight is 283 g/mol. The summed E-state index contributed by atoms with van der Waals surface area (Å²) in [7, 11) is -1.84. The van der Waals surface area contributed by atoms with Crippen LogP contribution in [-0.2, 0) is 10.0 Å². The number of anilines is 1. The van der Waals surface area contributed by atoms with E-state index in [0.717, 1.165) is 19.3 Å². The predicted octanol–water partition coefficient (Wildman–Crippen LogP) is 1.98. The molecule has 2 N–H and O–H groups in total. The largest absolute Gasteiger partial charge is 0.372 e. The van der Waals surface area contributed by atoms with Crippen LogP contribution in [0.15, 0.2) is 23.2 Å². The molecular weight excluding hydrogens is 262 g/mol. The lowest BCUT2D eigenvalue weighted by atomic mass is 9.92. The second kappa shape index (κ2) is 5.09. The standard InChI is InChI=1S/C13H21N3O2S/c1-13(2)7-6-10(9-13)16-19(17,18)11-5-4-8-15-12(11)14-3/h4-5,8,10,16H,6-7,9H2,1-3H3,(H,14,15). The first kappa shape index (κ1) is 14.3. The summed E-state index contributed by atoms with van der Waals surface area (Å²) in [6, 6.07) is 3.22. The Morgan fingerprint density at radius 3 is 2.74 bits per heavy atom. The summed E-state index contributed by atoms with van der Waals surface area (Å²) in [4.78, 5) is 4.25. The Labute approximate surface area is 114 Å². The molecule has 5 nitrogen and oxygen atoms in total. The zero-order chi connectivity index (χ0) is 14.1. The van der Waals surface area contributed by atoms with E-state index in [9.17, 15) is 8.42 Å². The number of aromatic nitrogens is 1. The van der Waals surface area contributed by atoms with Crippen molar-refractivity contribution in [2.24, 2.45) is 5.41 Å². The summed E-state index contributed by atoms with van der Waals surface area (Å²) in [5.41, 5.74) is 0.216. The molecule has 2 rings (SSSR count). The van der Waals surface area contributed by atoms with Gasteiger partial charge in [-0.25, -0.2) is 18.1 Å². The van der Waals surface area contributed by atoms with E-state index in [4.69, 9.17) is 0 Å². The fourth-order valence-electron chi connectivity index (χ4n) is 2.61. The first-order valence-corrected chi connectivity index (χ1v) is 7.97. The molecule has 106 valence electrons. The van der Waals surface area contributed by atoms with Gasteiger partial charge >= 0.3 is 0 Å². The molecule has 0 bridgehead atoms. The van der Waals surface area contributed by atoms with Crippen molar-refractivity contribution in [3.05, 3.63) is 18.3 Å². The highest BCUT2D eigenvalue weighted by molar-refractivity contribution is 7.89. The van der Waals surface area contributed by atoms with Crippen LogP contribution in [0.4, 0.5) is 5.82 Å². The number of hydrogen-bond acceptors (Lipinski definition) is 4. The van der Waals surface area contributed by atoms with Gasteiger partial charge in [-0.2, -0.15) is 0 Å². The number of nitrogens with zero attached hydrogens (tertiary/aromatic N) is 1. The fourth-order valence-corrected chi connectivity index (χ4v) is 4.05. The molecule has 1 aliphatic carbocycles. The van der Waals surface area contributed by atoms with E-state index in [2.05, 4.69) is 28.9 Å². The van der Waals surface area contributed by atoms with Crippen LogP contribution >= 0.6 is 0 Å². The Kier molecular flexibility index (Phi) is 3.82. The van der Waals surface area contributed by atoms with Crippen molar-refractivity contribution in [1.29, 1.82) is 0 Å². The van der Waals surface area contributed by atoms with Gasteiger partial charge < -0.3 is 5.32 Å². The van der Waals surface area contributed by atoms with Crippen LogP contribution in [-0.4, -0.2) is 26.5 Å². The third-order valence-corrected chi connectivity index (χ3v) is 5.14. The molecule has 1 aromatic rings. The second-order valence-corrected chi connectivity index (χ2v) is 7.51. The molecule has 1 aliphatic rings. The summed E-state index contributed by atoms with van der Waals surface area (Å²) >= 11 is 0. The van der Waals surface area contributed by atoms with Crippen LogP contribution in [0.1, 0.15) is 33.1 Å². The van der Waals surface area contributed by atoms with E-state index in [-0.39, 0.29) is 16.4 Å². The molecular formula is C13H21N3O2S. The summed E-state index contributed by atoms with van der Waals surface area (Å²) < 4.78 is 27.6. The van der Waals surface area contributed by atoms with Crippen LogP contribution in [0.5, 0.6) is 0 Å². The minimum absolute atomic E-state index is 0.0184. The van der Waals surface area contributed by atoms with Crippen LogP contribution in [0.25, 0.3) is 0 Å². The number of nitrogens with one attached hydrogen (secondary N) is 2. The molecule has 0 saturated heterocycles. The van der Waals surface area contributed by atoms with Crippen LogP contribution in [0.3, 0.4) is 0 Å². The lowest BCUT2D eigenvalue weighted by molar-refractivity contribution is 0.372. The molecule has 1 unspecified atom stereocenters. The highest BCUT2D eigenvalue weighted by atomic mass is 32.2. The van der Waals surface area contributed by atoms with Crippen LogP contribution < -0.4 is 10.0 Å². The quantitative estimate of drug-likeness (QED) is 0.886. The first-order valence-electron chi connectivity index (χ1n) is 6.49. The fraction of sp³-hybridized carbons (Fsp3) is 0.615. The molecule has 0 aliphatic heterocycles. The van der Waals surface area contributed by atoms with Crippen LogP contribution in [0.2, 0.25) is 0 Å². The lowest BCUT2D eigenvalue weighted by Crippen LogP contribution is -2.34. The molecule has 0 spiro atoms.